The number of unbranched alkanes of at least 4 members (excludes halogenated alkanes) is 14. The highest BCUT2D eigenvalue weighted by Gasteiger charge is 2.19. The average molecular weight is 371 g/mol. The fourth-order valence-corrected chi connectivity index (χ4v) is 4.03. The van der Waals surface area contributed by atoms with Crippen molar-refractivity contribution in [3.05, 3.63) is 0 Å². The van der Waals surface area contributed by atoms with Crippen molar-refractivity contribution in [3.8, 4) is 0 Å². The summed E-state index contributed by atoms with van der Waals surface area (Å²) in [6.45, 7) is 5.03. The number of rotatable bonds is 21. The third-order valence-electron chi connectivity index (χ3n) is 5.99. The lowest BCUT2D eigenvalue weighted by atomic mass is 9.85. The maximum absolute atomic E-state index is 9.74. The van der Waals surface area contributed by atoms with E-state index in [0.29, 0.717) is 11.8 Å². The first-order valence-electron chi connectivity index (χ1n) is 12.0. The molecule has 0 amide bonds. The Morgan fingerprint density at radius 2 is 0.692 bits per heavy atom. The Kier molecular flexibility index (Phi) is 21.2. The fraction of sp³-hybridized carbons (Fsp3) is 1.00. The second-order valence-corrected chi connectivity index (χ2v) is 8.41. The molecule has 0 rings (SSSR count). The largest absolute Gasteiger partial charge is 0.396 e. The van der Waals surface area contributed by atoms with Crippen LogP contribution in [0.4, 0.5) is 0 Å². The highest BCUT2D eigenvalue weighted by Crippen LogP contribution is 2.25. The maximum atomic E-state index is 9.74. The molecule has 2 nitrogen and oxygen atoms in total. The van der Waals surface area contributed by atoms with Crippen molar-refractivity contribution < 1.29 is 10.2 Å². The molecule has 0 fully saturated rings. The zero-order valence-corrected chi connectivity index (χ0v) is 18.2. The molecule has 0 saturated heterocycles. The van der Waals surface area contributed by atoms with Crippen molar-refractivity contribution >= 4 is 0 Å². The third kappa shape index (κ3) is 16.1. The molecule has 0 aromatic rings. The summed E-state index contributed by atoms with van der Waals surface area (Å²) in [5.74, 6) is 0.620. The topological polar surface area (TPSA) is 40.5 Å². The summed E-state index contributed by atoms with van der Waals surface area (Å²) < 4.78 is 0. The second-order valence-electron chi connectivity index (χ2n) is 8.41. The first kappa shape index (κ1) is 25.9. The number of hydrogen-bond donors (Lipinski definition) is 2. The molecule has 2 heteroatoms. The number of aliphatic hydroxyl groups is 2. The molecule has 0 saturated carbocycles. The first-order valence-corrected chi connectivity index (χ1v) is 12.0. The standard InChI is InChI=1S/C24H50O2/c1-3-5-7-9-11-13-15-17-19-23(21-25)24(22-26)20-18-16-14-12-10-8-6-4-2/h23-26H,3-22H2,1-2H3. The maximum Gasteiger partial charge on any atom is 0.0462 e. The van der Waals surface area contributed by atoms with Crippen LogP contribution in [0.1, 0.15) is 129 Å². The van der Waals surface area contributed by atoms with Crippen LogP contribution in [0.25, 0.3) is 0 Å². The molecule has 0 aliphatic rings. The van der Waals surface area contributed by atoms with Gasteiger partial charge in [0.05, 0.1) is 0 Å². The molecule has 0 aromatic carbocycles. The zero-order valence-electron chi connectivity index (χ0n) is 18.2. The smallest absolute Gasteiger partial charge is 0.0462 e. The van der Waals surface area contributed by atoms with Gasteiger partial charge in [-0.15, -0.1) is 0 Å². The van der Waals surface area contributed by atoms with Gasteiger partial charge in [-0.1, -0.05) is 117 Å². The summed E-state index contributed by atoms with van der Waals surface area (Å²) in [7, 11) is 0. The molecule has 0 aromatic heterocycles. The molecule has 2 N–H and O–H groups in total. The van der Waals surface area contributed by atoms with Crippen molar-refractivity contribution in [2.75, 3.05) is 13.2 Å². The van der Waals surface area contributed by atoms with Gasteiger partial charge in [-0.05, 0) is 24.7 Å². The van der Waals surface area contributed by atoms with E-state index in [2.05, 4.69) is 13.8 Å². The van der Waals surface area contributed by atoms with Gasteiger partial charge >= 0.3 is 0 Å². The monoisotopic (exact) mass is 370 g/mol. The Bertz CT molecular complexity index is 229. The van der Waals surface area contributed by atoms with E-state index in [9.17, 15) is 10.2 Å². The SMILES string of the molecule is CCCCCCCCCCC(CO)C(CO)CCCCCCCCCC. The summed E-state index contributed by atoms with van der Waals surface area (Å²) in [5, 5.41) is 19.5. The van der Waals surface area contributed by atoms with E-state index in [1.54, 1.807) is 0 Å². The molecule has 0 aliphatic carbocycles. The molecule has 2 unspecified atom stereocenters. The minimum atomic E-state index is 0.249. The summed E-state index contributed by atoms with van der Waals surface area (Å²) >= 11 is 0. The zero-order chi connectivity index (χ0) is 19.3. The molecular weight excluding hydrogens is 320 g/mol. The van der Waals surface area contributed by atoms with E-state index in [1.165, 1.54) is 103 Å². The van der Waals surface area contributed by atoms with E-state index in [4.69, 9.17) is 0 Å². The number of hydrogen-bond acceptors (Lipinski definition) is 2. The molecule has 0 aliphatic heterocycles. The van der Waals surface area contributed by atoms with Crippen LogP contribution in [0.5, 0.6) is 0 Å². The van der Waals surface area contributed by atoms with Crippen molar-refractivity contribution in [1.29, 1.82) is 0 Å². The molecule has 0 radical (unpaired) electrons. The van der Waals surface area contributed by atoms with E-state index in [1.807, 2.05) is 0 Å². The Hall–Kier alpha value is -0.0800. The van der Waals surface area contributed by atoms with Gasteiger partial charge in [0.1, 0.15) is 0 Å². The molecule has 2 atom stereocenters. The normalized spacial score (nSPS) is 13.8. The van der Waals surface area contributed by atoms with Crippen LogP contribution in [0.15, 0.2) is 0 Å². The highest BCUT2D eigenvalue weighted by atomic mass is 16.3. The van der Waals surface area contributed by atoms with Gasteiger partial charge in [-0.3, -0.25) is 0 Å². The second kappa shape index (κ2) is 21.2. The lowest BCUT2D eigenvalue weighted by molar-refractivity contribution is 0.104. The summed E-state index contributed by atoms with van der Waals surface area (Å²) in [6, 6.07) is 0. The molecule has 158 valence electrons. The van der Waals surface area contributed by atoms with E-state index >= 15 is 0 Å². The van der Waals surface area contributed by atoms with Gasteiger partial charge in [-0.25, -0.2) is 0 Å². The van der Waals surface area contributed by atoms with Crippen molar-refractivity contribution in [1.82, 2.24) is 0 Å². The molecule has 0 heterocycles. The lowest BCUT2D eigenvalue weighted by Gasteiger charge is -2.24. The summed E-state index contributed by atoms with van der Waals surface area (Å²) in [4.78, 5) is 0. The molecule has 0 spiro atoms. The van der Waals surface area contributed by atoms with Crippen LogP contribution >= 0.6 is 0 Å². The van der Waals surface area contributed by atoms with Crippen LogP contribution in [-0.2, 0) is 0 Å². The van der Waals surface area contributed by atoms with Gasteiger partial charge < -0.3 is 10.2 Å². The molecular formula is C24H50O2. The van der Waals surface area contributed by atoms with Crippen molar-refractivity contribution in [3.63, 3.8) is 0 Å². The van der Waals surface area contributed by atoms with Gasteiger partial charge in [0.25, 0.3) is 0 Å². The van der Waals surface area contributed by atoms with Gasteiger partial charge in [0.15, 0.2) is 0 Å². The van der Waals surface area contributed by atoms with Crippen LogP contribution in [0.3, 0.4) is 0 Å². The van der Waals surface area contributed by atoms with Crippen LogP contribution in [-0.4, -0.2) is 23.4 Å². The van der Waals surface area contributed by atoms with Crippen molar-refractivity contribution in [2.24, 2.45) is 11.8 Å². The average Bonchev–Trinajstić information content (AvgIpc) is 2.66. The Labute approximate surface area is 165 Å². The summed E-state index contributed by atoms with van der Waals surface area (Å²) in [5.41, 5.74) is 0. The minimum absolute atomic E-state index is 0.249. The fourth-order valence-electron chi connectivity index (χ4n) is 4.03. The lowest BCUT2D eigenvalue weighted by Crippen LogP contribution is -2.22. The quantitative estimate of drug-likeness (QED) is 0.209. The number of aliphatic hydroxyl groups excluding tert-OH is 2. The first-order chi connectivity index (χ1) is 12.8. The Morgan fingerprint density at radius 1 is 0.423 bits per heavy atom. The third-order valence-corrected chi connectivity index (χ3v) is 5.99. The van der Waals surface area contributed by atoms with E-state index in [0.717, 1.165) is 12.8 Å². The Balaban J connectivity index is 3.67. The van der Waals surface area contributed by atoms with Gasteiger partial charge in [0, 0.05) is 13.2 Å². The Morgan fingerprint density at radius 3 is 0.962 bits per heavy atom. The minimum Gasteiger partial charge on any atom is -0.396 e. The van der Waals surface area contributed by atoms with E-state index in [-0.39, 0.29) is 13.2 Å². The van der Waals surface area contributed by atoms with E-state index < -0.39 is 0 Å². The predicted molar refractivity (Wildman–Crippen MR) is 116 cm³/mol. The van der Waals surface area contributed by atoms with Crippen molar-refractivity contribution in [2.45, 2.75) is 129 Å². The highest BCUT2D eigenvalue weighted by molar-refractivity contribution is 4.69. The summed E-state index contributed by atoms with van der Waals surface area (Å²) in [6.07, 6.45) is 23.5. The van der Waals surface area contributed by atoms with Crippen LogP contribution in [0.2, 0.25) is 0 Å². The van der Waals surface area contributed by atoms with Crippen LogP contribution in [0, 0.1) is 11.8 Å². The predicted octanol–water partition coefficient (Wildman–Crippen LogP) is 7.27. The van der Waals surface area contributed by atoms with Gasteiger partial charge in [0.2, 0.25) is 0 Å². The molecule has 0 bridgehead atoms. The molecule has 26 heavy (non-hydrogen) atoms. The van der Waals surface area contributed by atoms with Gasteiger partial charge in [-0.2, -0.15) is 0 Å². The van der Waals surface area contributed by atoms with Crippen LogP contribution < -0.4 is 0 Å².